The van der Waals surface area contributed by atoms with E-state index in [0.717, 1.165) is 45.3 Å². The van der Waals surface area contributed by atoms with E-state index in [9.17, 15) is 9.59 Å². The van der Waals surface area contributed by atoms with Gasteiger partial charge >= 0.3 is 12.0 Å². The molecule has 1 atom stereocenters. The van der Waals surface area contributed by atoms with Gasteiger partial charge in [-0.25, -0.2) is 4.79 Å². The van der Waals surface area contributed by atoms with E-state index >= 15 is 0 Å². The van der Waals surface area contributed by atoms with Crippen LogP contribution in [0.25, 0.3) is 0 Å². The number of carboxylic acid groups (broad SMARTS) is 1. The molecule has 0 aromatic heterocycles. The summed E-state index contributed by atoms with van der Waals surface area (Å²) in [6.45, 7) is 6.65. The van der Waals surface area contributed by atoms with Crippen LogP contribution in [-0.2, 0) is 4.79 Å². The van der Waals surface area contributed by atoms with Gasteiger partial charge in [-0.05, 0) is 38.8 Å². The number of rotatable bonds is 8. The molecule has 3 N–H and O–H groups in total. The van der Waals surface area contributed by atoms with E-state index < -0.39 is 5.97 Å². The number of nitrogens with zero attached hydrogens (tertiary/aromatic N) is 1. The molecule has 1 rings (SSSR count). The van der Waals surface area contributed by atoms with Crippen molar-refractivity contribution in [3.63, 3.8) is 0 Å². The highest BCUT2D eigenvalue weighted by Gasteiger charge is 2.26. The zero-order chi connectivity index (χ0) is 15.7. The Morgan fingerprint density at radius 2 is 1.95 bits per heavy atom. The minimum Gasteiger partial charge on any atom is -0.481 e. The first-order chi connectivity index (χ1) is 10.1. The topological polar surface area (TPSA) is 81.7 Å². The van der Waals surface area contributed by atoms with E-state index in [-0.39, 0.29) is 24.5 Å². The number of hydrogen-bond acceptors (Lipinski definition) is 3. The first-order valence-electron chi connectivity index (χ1n) is 8.08. The molecule has 1 heterocycles. The molecule has 21 heavy (non-hydrogen) atoms. The van der Waals surface area contributed by atoms with Crippen LogP contribution in [0.2, 0.25) is 0 Å². The maximum Gasteiger partial charge on any atom is 0.317 e. The van der Waals surface area contributed by atoms with Crippen molar-refractivity contribution in [3.05, 3.63) is 0 Å². The largest absolute Gasteiger partial charge is 0.481 e. The van der Waals surface area contributed by atoms with Crippen molar-refractivity contribution in [2.75, 3.05) is 19.6 Å². The summed E-state index contributed by atoms with van der Waals surface area (Å²) < 4.78 is 0. The molecule has 1 aliphatic rings. The Balaban J connectivity index is 2.62. The van der Waals surface area contributed by atoms with Gasteiger partial charge in [0.05, 0.1) is 6.42 Å². The van der Waals surface area contributed by atoms with Crippen molar-refractivity contribution in [2.24, 2.45) is 0 Å². The van der Waals surface area contributed by atoms with Crippen molar-refractivity contribution < 1.29 is 14.7 Å². The molecule has 0 bridgehead atoms. The molecule has 6 nitrogen and oxygen atoms in total. The van der Waals surface area contributed by atoms with Crippen molar-refractivity contribution >= 4 is 12.0 Å². The third-order valence-electron chi connectivity index (χ3n) is 3.86. The Morgan fingerprint density at radius 1 is 1.29 bits per heavy atom. The van der Waals surface area contributed by atoms with Crippen LogP contribution in [-0.4, -0.2) is 53.7 Å². The zero-order valence-electron chi connectivity index (χ0n) is 13.2. The van der Waals surface area contributed by atoms with Gasteiger partial charge in [-0.3, -0.25) is 4.79 Å². The molecular weight excluding hydrogens is 270 g/mol. The van der Waals surface area contributed by atoms with Gasteiger partial charge in [0, 0.05) is 18.6 Å². The molecule has 122 valence electrons. The molecule has 1 aliphatic heterocycles. The monoisotopic (exact) mass is 299 g/mol. The van der Waals surface area contributed by atoms with Gasteiger partial charge in [0.25, 0.3) is 0 Å². The molecule has 1 saturated heterocycles. The maximum atomic E-state index is 12.5. The summed E-state index contributed by atoms with van der Waals surface area (Å²) >= 11 is 0. The number of carboxylic acids is 1. The first-order valence-corrected chi connectivity index (χ1v) is 8.08. The lowest BCUT2D eigenvalue weighted by Gasteiger charge is -2.35. The minimum absolute atomic E-state index is 0.00817. The third-order valence-corrected chi connectivity index (χ3v) is 3.86. The minimum atomic E-state index is -0.863. The highest BCUT2D eigenvalue weighted by molar-refractivity contribution is 5.76. The first kappa shape index (κ1) is 17.8. The second kappa shape index (κ2) is 9.60. The fourth-order valence-electron chi connectivity index (χ4n) is 2.85. The predicted molar refractivity (Wildman–Crippen MR) is 82.4 cm³/mol. The number of amides is 2. The Labute approximate surface area is 127 Å². The number of carbonyl (C=O) groups is 2. The number of nitrogens with one attached hydrogen (secondary N) is 2. The van der Waals surface area contributed by atoms with Crippen LogP contribution in [0.1, 0.15) is 52.4 Å². The third kappa shape index (κ3) is 6.33. The number of hydrogen-bond donors (Lipinski definition) is 3. The number of aliphatic carboxylic acids is 1. The summed E-state index contributed by atoms with van der Waals surface area (Å²) in [4.78, 5) is 25.3. The van der Waals surface area contributed by atoms with Crippen LogP contribution in [0.15, 0.2) is 0 Å². The number of urea groups is 1. The molecular formula is C15H29N3O3. The van der Waals surface area contributed by atoms with Crippen LogP contribution in [0, 0.1) is 0 Å². The van der Waals surface area contributed by atoms with Crippen LogP contribution in [0.3, 0.4) is 0 Å². The van der Waals surface area contributed by atoms with E-state index in [0.29, 0.717) is 6.42 Å². The fourth-order valence-corrected chi connectivity index (χ4v) is 2.85. The summed E-state index contributed by atoms with van der Waals surface area (Å²) in [7, 11) is 0. The Kier molecular flexibility index (Phi) is 8.12. The molecule has 0 spiro atoms. The molecule has 1 unspecified atom stereocenters. The second-order valence-electron chi connectivity index (χ2n) is 5.71. The SMILES string of the molecule is CCCC(CC(=O)O)NC(=O)N(CCC)C1CCNCC1. The number of piperidine rings is 1. The maximum absolute atomic E-state index is 12.5. The van der Waals surface area contributed by atoms with Gasteiger partial charge in [0.2, 0.25) is 0 Å². The van der Waals surface area contributed by atoms with Gasteiger partial charge in [-0.15, -0.1) is 0 Å². The lowest BCUT2D eigenvalue weighted by atomic mass is 10.0. The van der Waals surface area contributed by atoms with Crippen molar-refractivity contribution in [3.8, 4) is 0 Å². The Bertz CT molecular complexity index is 330. The van der Waals surface area contributed by atoms with Crippen LogP contribution in [0.5, 0.6) is 0 Å². The molecule has 1 fully saturated rings. The van der Waals surface area contributed by atoms with Crippen molar-refractivity contribution in [1.29, 1.82) is 0 Å². The second-order valence-corrected chi connectivity index (χ2v) is 5.71. The summed E-state index contributed by atoms with van der Waals surface area (Å²) in [5.74, 6) is -0.863. The molecule has 0 radical (unpaired) electrons. The zero-order valence-corrected chi connectivity index (χ0v) is 13.2. The summed E-state index contributed by atoms with van der Waals surface area (Å²) in [5, 5.41) is 15.2. The molecule has 0 aromatic rings. The summed E-state index contributed by atoms with van der Waals surface area (Å²) in [5.41, 5.74) is 0. The molecule has 0 saturated carbocycles. The van der Waals surface area contributed by atoms with E-state index in [1.807, 2.05) is 11.8 Å². The van der Waals surface area contributed by atoms with Gasteiger partial charge in [-0.1, -0.05) is 20.3 Å². The lowest BCUT2D eigenvalue weighted by molar-refractivity contribution is -0.137. The van der Waals surface area contributed by atoms with Gasteiger partial charge < -0.3 is 20.6 Å². The highest BCUT2D eigenvalue weighted by atomic mass is 16.4. The molecule has 6 heteroatoms. The standard InChI is InChI=1S/C15H29N3O3/c1-3-5-12(11-14(19)20)17-15(21)18(10-4-2)13-6-8-16-9-7-13/h12-13,16H,3-11H2,1-2H3,(H,17,21)(H,19,20). The van der Waals surface area contributed by atoms with E-state index in [1.54, 1.807) is 0 Å². The smallest absolute Gasteiger partial charge is 0.317 e. The van der Waals surface area contributed by atoms with Crippen molar-refractivity contribution in [2.45, 2.75) is 64.5 Å². The Hall–Kier alpha value is -1.30. The molecule has 0 aliphatic carbocycles. The molecule has 0 aromatic carbocycles. The van der Waals surface area contributed by atoms with Gasteiger partial charge in [0.1, 0.15) is 0 Å². The van der Waals surface area contributed by atoms with E-state index in [1.165, 1.54) is 0 Å². The Morgan fingerprint density at radius 3 is 2.48 bits per heavy atom. The van der Waals surface area contributed by atoms with Gasteiger partial charge in [0.15, 0.2) is 0 Å². The fraction of sp³-hybridized carbons (Fsp3) is 0.867. The quantitative estimate of drug-likeness (QED) is 0.638. The summed E-state index contributed by atoms with van der Waals surface area (Å²) in [6.07, 6.45) is 4.39. The number of carbonyl (C=O) groups excluding carboxylic acids is 1. The summed E-state index contributed by atoms with van der Waals surface area (Å²) in [6, 6.07) is -0.122. The highest BCUT2D eigenvalue weighted by Crippen LogP contribution is 2.13. The van der Waals surface area contributed by atoms with Crippen LogP contribution in [0.4, 0.5) is 4.79 Å². The predicted octanol–water partition coefficient (Wildman–Crippen LogP) is 1.80. The lowest BCUT2D eigenvalue weighted by Crippen LogP contribution is -2.52. The van der Waals surface area contributed by atoms with Crippen LogP contribution >= 0.6 is 0 Å². The van der Waals surface area contributed by atoms with Gasteiger partial charge in [-0.2, -0.15) is 0 Å². The van der Waals surface area contributed by atoms with E-state index in [4.69, 9.17) is 5.11 Å². The normalized spacial score (nSPS) is 17.2. The van der Waals surface area contributed by atoms with E-state index in [2.05, 4.69) is 17.6 Å². The molecule has 2 amide bonds. The van der Waals surface area contributed by atoms with Crippen molar-refractivity contribution in [1.82, 2.24) is 15.5 Å². The van der Waals surface area contributed by atoms with Crippen LogP contribution < -0.4 is 10.6 Å². The average molecular weight is 299 g/mol. The average Bonchev–Trinajstić information content (AvgIpc) is 2.45.